The van der Waals surface area contributed by atoms with E-state index in [-0.39, 0.29) is 17.9 Å². The van der Waals surface area contributed by atoms with Crippen LogP contribution in [0.1, 0.15) is 31.2 Å². The van der Waals surface area contributed by atoms with Crippen molar-refractivity contribution >= 4 is 17.5 Å². The van der Waals surface area contributed by atoms with E-state index < -0.39 is 0 Å². The van der Waals surface area contributed by atoms with Crippen LogP contribution in [0.25, 0.3) is 0 Å². The van der Waals surface area contributed by atoms with Crippen LogP contribution in [-0.2, 0) is 16.0 Å². The maximum Gasteiger partial charge on any atom is 0.227 e. The maximum absolute atomic E-state index is 12.1. The number of hydrogen-bond acceptors (Lipinski definition) is 3. The lowest BCUT2D eigenvalue weighted by molar-refractivity contribution is -0.122. The molecule has 2 aliphatic rings. The van der Waals surface area contributed by atoms with Gasteiger partial charge in [0.25, 0.3) is 0 Å². The van der Waals surface area contributed by atoms with Crippen LogP contribution in [-0.4, -0.2) is 37.5 Å². The van der Waals surface area contributed by atoms with Crippen LogP contribution in [0.3, 0.4) is 0 Å². The lowest BCUT2D eigenvalue weighted by Crippen LogP contribution is -2.44. The summed E-state index contributed by atoms with van der Waals surface area (Å²) in [6, 6.07) is 8.25. The number of nitrogens with one attached hydrogen (secondary N) is 2. The van der Waals surface area contributed by atoms with Gasteiger partial charge in [0.1, 0.15) is 0 Å². The normalized spacial score (nSPS) is 18.9. The molecule has 118 valence electrons. The number of hydrogen-bond donors (Lipinski definition) is 2. The van der Waals surface area contributed by atoms with Gasteiger partial charge in [0.05, 0.1) is 0 Å². The van der Waals surface area contributed by atoms with Crippen molar-refractivity contribution in [1.82, 2.24) is 10.6 Å². The van der Waals surface area contributed by atoms with E-state index >= 15 is 0 Å². The average Bonchev–Trinajstić information content (AvgIpc) is 2.55. The van der Waals surface area contributed by atoms with Crippen LogP contribution >= 0.6 is 0 Å². The van der Waals surface area contributed by atoms with Gasteiger partial charge in [0, 0.05) is 31.1 Å². The average molecular weight is 301 g/mol. The van der Waals surface area contributed by atoms with Gasteiger partial charge in [-0.2, -0.15) is 0 Å². The number of carbonyl (C=O) groups excluding carboxylic acids is 2. The molecule has 1 saturated heterocycles. The van der Waals surface area contributed by atoms with Crippen molar-refractivity contribution in [2.75, 3.05) is 24.5 Å². The number of rotatable bonds is 4. The molecule has 5 heteroatoms. The van der Waals surface area contributed by atoms with Gasteiger partial charge >= 0.3 is 0 Å². The minimum absolute atomic E-state index is 0.0442. The molecule has 0 radical (unpaired) electrons. The van der Waals surface area contributed by atoms with Crippen molar-refractivity contribution in [1.29, 1.82) is 0 Å². The Morgan fingerprint density at radius 1 is 1.23 bits per heavy atom. The summed E-state index contributed by atoms with van der Waals surface area (Å²) in [6.07, 6.45) is 3.66. The Morgan fingerprint density at radius 3 is 2.82 bits per heavy atom. The third-order valence-corrected chi connectivity index (χ3v) is 4.46. The molecule has 2 N–H and O–H groups in total. The highest BCUT2D eigenvalue weighted by Crippen LogP contribution is 2.27. The Labute approximate surface area is 131 Å². The molecule has 2 amide bonds. The van der Waals surface area contributed by atoms with Crippen LogP contribution < -0.4 is 15.5 Å². The summed E-state index contributed by atoms with van der Waals surface area (Å²) in [5, 5.41) is 6.36. The number of para-hydroxylation sites is 1. The van der Waals surface area contributed by atoms with Crippen molar-refractivity contribution in [3.8, 4) is 0 Å². The van der Waals surface area contributed by atoms with E-state index in [4.69, 9.17) is 0 Å². The van der Waals surface area contributed by atoms with Gasteiger partial charge in [-0.3, -0.25) is 9.59 Å². The number of amides is 2. The van der Waals surface area contributed by atoms with Crippen LogP contribution in [0.2, 0.25) is 0 Å². The quantitative estimate of drug-likeness (QED) is 0.879. The first-order valence-electron chi connectivity index (χ1n) is 8.12. The minimum Gasteiger partial charge on any atom is -0.353 e. The zero-order valence-corrected chi connectivity index (χ0v) is 12.8. The predicted octanol–water partition coefficient (Wildman–Crippen LogP) is 1.22. The zero-order chi connectivity index (χ0) is 15.4. The fraction of sp³-hybridized carbons (Fsp3) is 0.529. The van der Waals surface area contributed by atoms with Gasteiger partial charge in [-0.25, -0.2) is 0 Å². The van der Waals surface area contributed by atoms with Gasteiger partial charge < -0.3 is 15.5 Å². The number of anilines is 1. The fourth-order valence-electron chi connectivity index (χ4n) is 3.22. The summed E-state index contributed by atoms with van der Waals surface area (Å²) >= 11 is 0. The molecule has 3 rings (SSSR count). The lowest BCUT2D eigenvalue weighted by Gasteiger charge is -2.29. The summed E-state index contributed by atoms with van der Waals surface area (Å²) in [7, 11) is 0. The first-order valence-corrected chi connectivity index (χ1v) is 8.12. The van der Waals surface area contributed by atoms with E-state index in [1.807, 2.05) is 18.2 Å². The Hall–Kier alpha value is -1.88. The van der Waals surface area contributed by atoms with Gasteiger partial charge in [0.2, 0.25) is 11.8 Å². The molecule has 0 saturated carbocycles. The maximum atomic E-state index is 12.1. The highest BCUT2D eigenvalue weighted by Gasteiger charge is 2.24. The van der Waals surface area contributed by atoms with Crippen molar-refractivity contribution in [2.45, 2.75) is 38.1 Å². The third-order valence-electron chi connectivity index (χ3n) is 4.46. The van der Waals surface area contributed by atoms with Crippen LogP contribution in [0.15, 0.2) is 24.3 Å². The van der Waals surface area contributed by atoms with E-state index in [0.29, 0.717) is 19.4 Å². The van der Waals surface area contributed by atoms with Crippen molar-refractivity contribution in [3.63, 3.8) is 0 Å². The second kappa shape index (κ2) is 6.92. The smallest absolute Gasteiger partial charge is 0.227 e. The van der Waals surface area contributed by atoms with Gasteiger partial charge in [0.15, 0.2) is 0 Å². The van der Waals surface area contributed by atoms with Gasteiger partial charge in [-0.15, -0.1) is 0 Å². The molecule has 1 fully saturated rings. The van der Waals surface area contributed by atoms with Gasteiger partial charge in [-0.05, 0) is 44.0 Å². The monoisotopic (exact) mass is 301 g/mol. The Bertz CT molecular complexity index is 553. The summed E-state index contributed by atoms with van der Waals surface area (Å²) in [5.74, 6) is 0.163. The molecule has 0 aliphatic carbocycles. The molecule has 2 aliphatic heterocycles. The Morgan fingerprint density at radius 2 is 2.00 bits per heavy atom. The second-order valence-corrected chi connectivity index (χ2v) is 6.02. The molecule has 0 unspecified atom stereocenters. The van der Waals surface area contributed by atoms with Crippen molar-refractivity contribution in [3.05, 3.63) is 29.8 Å². The summed E-state index contributed by atoms with van der Waals surface area (Å²) in [5.41, 5.74) is 2.16. The molecule has 0 aromatic heterocycles. The number of benzene rings is 1. The third kappa shape index (κ3) is 3.47. The molecule has 0 bridgehead atoms. The molecular weight excluding hydrogens is 278 g/mol. The van der Waals surface area contributed by atoms with E-state index in [0.717, 1.165) is 38.0 Å². The number of piperidine rings is 1. The molecule has 1 aromatic rings. The molecular formula is C17H23N3O2. The fourth-order valence-corrected chi connectivity index (χ4v) is 3.22. The summed E-state index contributed by atoms with van der Waals surface area (Å²) in [6.45, 7) is 2.39. The second-order valence-electron chi connectivity index (χ2n) is 6.02. The standard InChI is InChI=1S/C17H23N3O2/c21-16(19-14-7-10-18-11-8-14)9-12-20-15-4-2-1-3-13(15)5-6-17(20)22/h1-4,14,18H,5-12H2,(H,19,21). The van der Waals surface area contributed by atoms with Crippen LogP contribution in [0, 0.1) is 0 Å². The summed E-state index contributed by atoms with van der Waals surface area (Å²) in [4.78, 5) is 26.0. The summed E-state index contributed by atoms with van der Waals surface area (Å²) < 4.78 is 0. The molecule has 2 heterocycles. The Kier molecular flexibility index (Phi) is 4.73. The van der Waals surface area contributed by atoms with Crippen LogP contribution in [0.5, 0.6) is 0 Å². The number of carbonyl (C=O) groups is 2. The first-order chi connectivity index (χ1) is 10.7. The largest absolute Gasteiger partial charge is 0.353 e. The predicted molar refractivity (Wildman–Crippen MR) is 85.8 cm³/mol. The number of nitrogens with zero attached hydrogens (tertiary/aromatic N) is 1. The molecule has 1 aromatic carbocycles. The molecule has 0 atom stereocenters. The number of aryl methyl sites for hydroxylation is 1. The highest BCUT2D eigenvalue weighted by atomic mass is 16.2. The van der Waals surface area contributed by atoms with Crippen molar-refractivity contribution in [2.24, 2.45) is 0 Å². The number of fused-ring (bicyclic) bond motifs is 1. The first kappa shape index (κ1) is 15.0. The highest BCUT2D eigenvalue weighted by molar-refractivity contribution is 5.96. The minimum atomic E-state index is 0.0442. The van der Waals surface area contributed by atoms with E-state index in [1.54, 1.807) is 4.90 Å². The zero-order valence-electron chi connectivity index (χ0n) is 12.8. The lowest BCUT2D eigenvalue weighted by atomic mass is 10.0. The van der Waals surface area contributed by atoms with Gasteiger partial charge in [-0.1, -0.05) is 18.2 Å². The van der Waals surface area contributed by atoms with E-state index in [1.165, 1.54) is 5.56 Å². The SMILES string of the molecule is O=C(CCN1C(=O)CCc2ccccc21)NC1CCNCC1. The van der Waals surface area contributed by atoms with E-state index in [9.17, 15) is 9.59 Å². The topological polar surface area (TPSA) is 61.4 Å². The molecule has 5 nitrogen and oxygen atoms in total. The van der Waals surface area contributed by atoms with Crippen LogP contribution in [0.4, 0.5) is 5.69 Å². The molecule has 22 heavy (non-hydrogen) atoms. The van der Waals surface area contributed by atoms with Crippen molar-refractivity contribution < 1.29 is 9.59 Å². The van der Waals surface area contributed by atoms with E-state index in [2.05, 4.69) is 16.7 Å². The molecule has 0 spiro atoms. The Balaban J connectivity index is 1.56.